The Hall–Kier alpha value is -2.23. The number of nitrogens with zero attached hydrogens (tertiary/aromatic N) is 1. The van der Waals surface area contributed by atoms with E-state index in [0.717, 1.165) is 19.3 Å². The summed E-state index contributed by atoms with van der Waals surface area (Å²) in [6, 6.07) is 9.33. The molecule has 0 bridgehead atoms. The molecule has 0 radical (unpaired) electrons. The molecule has 1 N–H and O–H groups in total. The van der Waals surface area contributed by atoms with Gasteiger partial charge in [-0.2, -0.15) is 4.31 Å². The van der Waals surface area contributed by atoms with Gasteiger partial charge in [-0.25, -0.2) is 13.2 Å². The Morgan fingerprint density at radius 1 is 1.07 bits per heavy atom. The summed E-state index contributed by atoms with van der Waals surface area (Å²) in [4.78, 5) is 24.2. The molecular weight excluding hydrogens is 388 g/mol. The van der Waals surface area contributed by atoms with E-state index in [4.69, 9.17) is 4.74 Å². The first-order valence-corrected chi connectivity index (χ1v) is 10.9. The van der Waals surface area contributed by atoms with Crippen LogP contribution in [0.5, 0.6) is 0 Å². The molecular formula is C18H20N2O5S2. The average Bonchev–Trinajstić information content (AvgIpc) is 3.22. The van der Waals surface area contributed by atoms with Crippen LogP contribution in [0.4, 0.5) is 5.69 Å². The standard InChI is InChI=1S/C18H20N2O5S2/c21-17(13-25-18(22)16-5-4-12-26-16)19-14-6-8-15(9-7-14)27(23,24)20-10-2-1-3-11-20/h4-9,12H,1-3,10-11,13H2,(H,19,21). The Morgan fingerprint density at radius 2 is 1.78 bits per heavy atom. The van der Waals surface area contributed by atoms with Crippen LogP contribution in [0.3, 0.4) is 0 Å². The number of sulfonamides is 1. The summed E-state index contributed by atoms with van der Waals surface area (Å²) in [5, 5.41) is 4.33. The summed E-state index contributed by atoms with van der Waals surface area (Å²) >= 11 is 1.24. The van der Waals surface area contributed by atoms with Crippen molar-refractivity contribution in [3.05, 3.63) is 46.7 Å². The molecule has 1 fully saturated rings. The maximum atomic E-state index is 12.6. The van der Waals surface area contributed by atoms with E-state index in [0.29, 0.717) is 23.7 Å². The van der Waals surface area contributed by atoms with E-state index in [2.05, 4.69) is 5.32 Å². The van der Waals surface area contributed by atoms with Crippen molar-refractivity contribution < 1.29 is 22.7 Å². The molecule has 2 heterocycles. The second-order valence-electron chi connectivity index (χ2n) is 6.09. The Labute approximate surface area is 162 Å². The monoisotopic (exact) mass is 408 g/mol. The first-order valence-electron chi connectivity index (χ1n) is 8.57. The summed E-state index contributed by atoms with van der Waals surface area (Å²) < 4.78 is 31.6. The molecule has 1 saturated heterocycles. The molecule has 144 valence electrons. The topological polar surface area (TPSA) is 92.8 Å². The Bertz CT molecular complexity index is 886. The third-order valence-corrected chi connectivity index (χ3v) is 6.91. The van der Waals surface area contributed by atoms with Gasteiger partial charge in [0.05, 0.1) is 4.90 Å². The molecule has 1 aromatic carbocycles. The minimum atomic E-state index is -3.50. The number of anilines is 1. The molecule has 0 unspecified atom stereocenters. The minimum Gasteiger partial charge on any atom is -0.451 e. The summed E-state index contributed by atoms with van der Waals surface area (Å²) in [5.74, 6) is -1.05. The number of amides is 1. The minimum absolute atomic E-state index is 0.200. The van der Waals surface area contributed by atoms with Crippen molar-refractivity contribution >= 4 is 38.9 Å². The normalized spacial score (nSPS) is 15.3. The molecule has 3 rings (SSSR count). The fraction of sp³-hybridized carbons (Fsp3) is 0.333. The van der Waals surface area contributed by atoms with Crippen LogP contribution in [0.25, 0.3) is 0 Å². The second-order valence-corrected chi connectivity index (χ2v) is 8.98. The van der Waals surface area contributed by atoms with Gasteiger partial charge in [0.1, 0.15) is 4.88 Å². The molecule has 1 aliphatic heterocycles. The van der Waals surface area contributed by atoms with E-state index in [9.17, 15) is 18.0 Å². The van der Waals surface area contributed by atoms with Crippen molar-refractivity contribution in [1.82, 2.24) is 4.31 Å². The maximum Gasteiger partial charge on any atom is 0.348 e. The molecule has 1 aliphatic rings. The lowest BCUT2D eigenvalue weighted by molar-refractivity contribution is -0.119. The predicted molar refractivity (Wildman–Crippen MR) is 102 cm³/mol. The largest absolute Gasteiger partial charge is 0.451 e. The Balaban J connectivity index is 1.55. The van der Waals surface area contributed by atoms with Gasteiger partial charge in [-0.05, 0) is 48.6 Å². The fourth-order valence-corrected chi connectivity index (χ4v) is 4.89. The summed E-state index contributed by atoms with van der Waals surface area (Å²) in [6.07, 6.45) is 2.79. The first kappa shape index (κ1) is 19.5. The zero-order valence-corrected chi connectivity index (χ0v) is 16.2. The van der Waals surface area contributed by atoms with Crippen LogP contribution in [0.15, 0.2) is 46.7 Å². The predicted octanol–water partition coefficient (Wildman–Crippen LogP) is 2.72. The van der Waals surface area contributed by atoms with Gasteiger partial charge in [0.15, 0.2) is 6.61 Å². The smallest absolute Gasteiger partial charge is 0.348 e. The quantitative estimate of drug-likeness (QED) is 0.742. The van der Waals surface area contributed by atoms with Crippen molar-refractivity contribution in [1.29, 1.82) is 0 Å². The average molecular weight is 409 g/mol. The van der Waals surface area contributed by atoms with Gasteiger partial charge in [-0.1, -0.05) is 12.5 Å². The summed E-state index contributed by atoms with van der Waals surface area (Å²) in [7, 11) is -3.50. The lowest BCUT2D eigenvalue weighted by atomic mass is 10.2. The van der Waals surface area contributed by atoms with Gasteiger partial charge < -0.3 is 10.1 Å². The highest BCUT2D eigenvalue weighted by molar-refractivity contribution is 7.89. The Morgan fingerprint density at radius 3 is 2.41 bits per heavy atom. The number of carbonyl (C=O) groups is 2. The number of nitrogens with one attached hydrogen (secondary N) is 1. The molecule has 0 atom stereocenters. The molecule has 1 amide bonds. The van der Waals surface area contributed by atoms with Crippen LogP contribution in [-0.4, -0.2) is 44.3 Å². The zero-order valence-electron chi connectivity index (χ0n) is 14.6. The van der Waals surface area contributed by atoms with E-state index in [1.807, 2.05) is 0 Å². The highest BCUT2D eigenvalue weighted by Crippen LogP contribution is 2.22. The lowest BCUT2D eigenvalue weighted by Gasteiger charge is -2.25. The SMILES string of the molecule is O=C(COC(=O)c1cccs1)Nc1ccc(S(=O)(=O)N2CCCCC2)cc1. The maximum absolute atomic E-state index is 12.6. The summed E-state index contributed by atoms with van der Waals surface area (Å²) in [6.45, 7) is 0.664. The van der Waals surface area contributed by atoms with E-state index in [1.165, 1.54) is 39.9 Å². The number of esters is 1. The van der Waals surface area contributed by atoms with Crippen molar-refractivity contribution in [2.45, 2.75) is 24.2 Å². The fourth-order valence-electron chi connectivity index (χ4n) is 2.76. The second kappa shape index (κ2) is 8.64. The number of rotatable bonds is 6. The first-order chi connectivity index (χ1) is 13.0. The van der Waals surface area contributed by atoms with Crippen molar-refractivity contribution in [2.75, 3.05) is 25.0 Å². The molecule has 0 spiro atoms. The van der Waals surface area contributed by atoms with Crippen LogP contribution in [0.1, 0.15) is 28.9 Å². The van der Waals surface area contributed by atoms with Gasteiger partial charge in [0, 0.05) is 18.8 Å². The number of hydrogen-bond donors (Lipinski definition) is 1. The van der Waals surface area contributed by atoms with Gasteiger partial charge in [-0.3, -0.25) is 4.79 Å². The van der Waals surface area contributed by atoms with Crippen LogP contribution in [0.2, 0.25) is 0 Å². The number of piperidine rings is 1. The number of hydrogen-bond acceptors (Lipinski definition) is 6. The van der Waals surface area contributed by atoms with Crippen LogP contribution in [0, 0.1) is 0 Å². The van der Waals surface area contributed by atoms with Gasteiger partial charge in [-0.15, -0.1) is 11.3 Å². The van der Waals surface area contributed by atoms with E-state index in [1.54, 1.807) is 17.5 Å². The number of carbonyl (C=O) groups excluding carboxylic acids is 2. The molecule has 0 aliphatic carbocycles. The molecule has 27 heavy (non-hydrogen) atoms. The third-order valence-electron chi connectivity index (χ3n) is 4.15. The number of thiophene rings is 1. The third kappa shape index (κ3) is 4.94. The van der Waals surface area contributed by atoms with Gasteiger partial charge >= 0.3 is 5.97 Å². The van der Waals surface area contributed by atoms with Gasteiger partial charge in [0.25, 0.3) is 5.91 Å². The van der Waals surface area contributed by atoms with Crippen molar-refractivity contribution in [3.8, 4) is 0 Å². The Kier molecular flexibility index (Phi) is 6.25. The van der Waals surface area contributed by atoms with Crippen molar-refractivity contribution in [3.63, 3.8) is 0 Å². The van der Waals surface area contributed by atoms with Crippen LogP contribution >= 0.6 is 11.3 Å². The number of ether oxygens (including phenoxy) is 1. The molecule has 0 saturated carbocycles. The zero-order chi connectivity index (χ0) is 19.3. The van der Waals surface area contributed by atoms with E-state index >= 15 is 0 Å². The molecule has 9 heteroatoms. The van der Waals surface area contributed by atoms with Crippen LogP contribution in [-0.2, 0) is 19.6 Å². The number of benzene rings is 1. The lowest BCUT2D eigenvalue weighted by Crippen LogP contribution is -2.35. The van der Waals surface area contributed by atoms with Gasteiger partial charge in [0.2, 0.25) is 10.0 Å². The summed E-state index contributed by atoms with van der Waals surface area (Å²) in [5.41, 5.74) is 0.435. The van der Waals surface area contributed by atoms with E-state index in [-0.39, 0.29) is 4.90 Å². The van der Waals surface area contributed by atoms with E-state index < -0.39 is 28.5 Å². The molecule has 2 aromatic rings. The molecule has 1 aromatic heterocycles. The molecule has 7 nitrogen and oxygen atoms in total. The van der Waals surface area contributed by atoms with Crippen LogP contribution < -0.4 is 5.32 Å². The van der Waals surface area contributed by atoms with Crippen molar-refractivity contribution in [2.24, 2.45) is 0 Å². The highest BCUT2D eigenvalue weighted by Gasteiger charge is 2.25. The highest BCUT2D eigenvalue weighted by atomic mass is 32.2.